The van der Waals surface area contributed by atoms with Crippen LogP contribution in [0.25, 0.3) is 22.4 Å². The molecule has 0 radical (unpaired) electrons. The van der Waals surface area contributed by atoms with Crippen LogP contribution < -0.4 is 5.43 Å². The molecule has 25 heavy (non-hydrogen) atoms. The molecule has 3 nitrogen and oxygen atoms in total. The Morgan fingerprint density at radius 1 is 1.12 bits per heavy atom. The number of hydrogen-bond donors (Lipinski definition) is 0. The van der Waals surface area contributed by atoms with Crippen molar-refractivity contribution in [1.82, 2.24) is 9.55 Å². The van der Waals surface area contributed by atoms with Crippen molar-refractivity contribution in [2.24, 2.45) is 5.41 Å². The first-order valence-electron chi connectivity index (χ1n) is 9.00. The predicted octanol–water partition coefficient (Wildman–Crippen LogP) is 5.03. The van der Waals surface area contributed by atoms with E-state index in [2.05, 4.69) is 36.4 Å². The lowest BCUT2D eigenvalue weighted by Gasteiger charge is -2.33. The van der Waals surface area contributed by atoms with E-state index >= 15 is 0 Å². The zero-order valence-corrected chi connectivity index (χ0v) is 15.2. The molecule has 1 aromatic rings. The molecular formula is C22H24N2O. The average molecular weight is 332 g/mol. The number of benzene rings is 2. The van der Waals surface area contributed by atoms with Gasteiger partial charge in [-0.15, -0.1) is 0 Å². The van der Waals surface area contributed by atoms with Gasteiger partial charge in [-0.25, -0.2) is 4.98 Å². The van der Waals surface area contributed by atoms with E-state index in [1.54, 1.807) is 6.07 Å². The molecule has 4 rings (SSSR count). The number of hydrogen-bond acceptors (Lipinski definition) is 2. The molecule has 0 amide bonds. The summed E-state index contributed by atoms with van der Waals surface area (Å²) in [5, 5.41) is 0. The molecule has 1 aliphatic heterocycles. The molecule has 2 aliphatic carbocycles. The van der Waals surface area contributed by atoms with Crippen molar-refractivity contribution in [1.29, 1.82) is 0 Å². The summed E-state index contributed by atoms with van der Waals surface area (Å²) in [6.45, 7) is 7.80. The minimum Gasteiger partial charge on any atom is -0.334 e. The van der Waals surface area contributed by atoms with Crippen LogP contribution in [0.2, 0.25) is 0 Å². The molecule has 1 heterocycles. The van der Waals surface area contributed by atoms with Gasteiger partial charge in [0.1, 0.15) is 5.69 Å². The Balaban J connectivity index is 1.91. The molecule has 0 spiro atoms. The molecule has 0 bridgehead atoms. The summed E-state index contributed by atoms with van der Waals surface area (Å²) in [6.07, 6.45) is 3.49. The van der Waals surface area contributed by atoms with Crippen molar-refractivity contribution in [3.05, 3.63) is 63.8 Å². The summed E-state index contributed by atoms with van der Waals surface area (Å²) in [5.74, 6) is 0. The van der Waals surface area contributed by atoms with Gasteiger partial charge >= 0.3 is 0 Å². The highest BCUT2D eigenvalue weighted by Crippen LogP contribution is 2.39. The van der Waals surface area contributed by atoms with Crippen LogP contribution in [0.5, 0.6) is 0 Å². The molecule has 128 valence electrons. The van der Waals surface area contributed by atoms with Gasteiger partial charge in [0, 0.05) is 6.54 Å². The van der Waals surface area contributed by atoms with E-state index in [1.807, 2.05) is 30.3 Å². The Morgan fingerprint density at radius 3 is 2.72 bits per heavy atom. The van der Waals surface area contributed by atoms with Crippen LogP contribution in [-0.4, -0.2) is 9.55 Å². The maximum atomic E-state index is 12.3. The SMILES string of the molecule is CC1=C(Cn2c3cccc(=O)c-3nc3ccccc32)CCC(C)(C)C1. The highest BCUT2D eigenvalue weighted by Gasteiger charge is 2.26. The highest BCUT2D eigenvalue weighted by molar-refractivity contribution is 5.80. The molecule has 3 heteroatoms. The van der Waals surface area contributed by atoms with Crippen LogP contribution in [0.4, 0.5) is 0 Å². The van der Waals surface area contributed by atoms with Crippen molar-refractivity contribution >= 4 is 11.0 Å². The molecule has 0 fully saturated rings. The monoisotopic (exact) mass is 332 g/mol. The average Bonchev–Trinajstić information content (AvgIpc) is 2.57. The largest absolute Gasteiger partial charge is 0.334 e. The summed E-state index contributed by atoms with van der Waals surface area (Å²) in [7, 11) is 0. The number of para-hydroxylation sites is 3. The van der Waals surface area contributed by atoms with E-state index in [9.17, 15) is 4.79 Å². The van der Waals surface area contributed by atoms with E-state index in [-0.39, 0.29) is 5.43 Å². The summed E-state index contributed by atoms with van der Waals surface area (Å²) in [6, 6.07) is 13.6. The second-order valence-electron chi connectivity index (χ2n) is 8.04. The predicted molar refractivity (Wildman–Crippen MR) is 103 cm³/mol. The fourth-order valence-corrected chi connectivity index (χ4v) is 4.09. The van der Waals surface area contributed by atoms with Crippen molar-refractivity contribution in [2.45, 2.75) is 46.6 Å². The Morgan fingerprint density at radius 2 is 1.92 bits per heavy atom. The molecule has 0 unspecified atom stereocenters. The minimum absolute atomic E-state index is 0.00696. The van der Waals surface area contributed by atoms with Gasteiger partial charge in [0.2, 0.25) is 5.43 Å². The lowest BCUT2D eigenvalue weighted by molar-refractivity contribution is 0.310. The van der Waals surface area contributed by atoms with Gasteiger partial charge in [-0.2, -0.15) is 0 Å². The Hall–Kier alpha value is -2.42. The van der Waals surface area contributed by atoms with Crippen molar-refractivity contribution in [3.8, 4) is 11.4 Å². The number of aromatic nitrogens is 2. The van der Waals surface area contributed by atoms with E-state index in [0.29, 0.717) is 11.1 Å². The standard InChI is InChI=1S/C22H24N2O/c1-15-13-22(2,3)12-11-16(15)14-24-18-8-5-4-7-17(18)23-21-19(24)9-6-10-20(21)25/h4-10H,11-14H2,1-3H3. The summed E-state index contributed by atoms with van der Waals surface area (Å²) in [5.41, 5.74) is 6.84. The smallest absolute Gasteiger partial charge is 0.206 e. The fourth-order valence-electron chi connectivity index (χ4n) is 4.09. The Bertz CT molecular complexity index is 1010. The second-order valence-corrected chi connectivity index (χ2v) is 8.04. The van der Waals surface area contributed by atoms with Crippen molar-refractivity contribution < 1.29 is 0 Å². The van der Waals surface area contributed by atoms with Gasteiger partial charge in [-0.3, -0.25) is 4.79 Å². The first-order chi connectivity index (χ1) is 11.9. The lowest BCUT2D eigenvalue weighted by Crippen LogP contribution is -2.21. The van der Waals surface area contributed by atoms with Crippen LogP contribution >= 0.6 is 0 Å². The van der Waals surface area contributed by atoms with E-state index in [0.717, 1.165) is 36.1 Å². The molecule has 0 saturated carbocycles. The molecule has 0 saturated heterocycles. The third-order valence-electron chi connectivity index (χ3n) is 5.47. The van der Waals surface area contributed by atoms with Crippen LogP contribution in [0, 0.1) is 5.41 Å². The van der Waals surface area contributed by atoms with Crippen LogP contribution in [0.1, 0.15) is 40.0 Å². The topological polar surface area (TPSA) is 34.9 Å². The van der Waals surface area contributed by atoms with Gasteiger partial charge in [0.15, 0.2) is 0 Å². The molecule has 0 atom stereocenters. The quantitative estimate of drug-likeness (QED) is 0.487. The third-order valence-corrected chi connectivity index (χ3v) is 5.47. The van der Waals surface area contributed by atoms with Gasteiger partial charge in [0.25, 0.3) is 0 Å². The fraction of sp³-hybridized carbons (Fsp3) is 0.364. The van der Waals surface area contributed by atoms with Gasteiger partial charge in [-0.05, 0) is 55.9 Å². The molecule has 0 N–H and O–H groups in total. The maximum Gasteiger partial charge on any atom is 0.206 e. The highest BCUT2D eigenvalue weighted by atomic mass is 16.1. The Kier molecular flexibility index (Phi) is 3.75. The number of fused-ring (bicyclic) bond motifs is 2. The van der Waals surface area contributed by atoms with E-state index in [1.165, 1.54) is 17.6 Å². The first kappa shape index (κ1) is 16.1. The van der Waals surface area contributed by atoms with Gasteiger partial charge in [-0.1, -0.05) is 43.2 Å². The van der Waals surface area contributed by atoms with E-state index < -0.39 is 0 Å². The first-order valence-corrected chi connectivity index (χ1v) is 9.00. The number of rotatable bonds is 2. The number of nitrogens with zero attached hydrogens (tertiary/aromatic N) is 2. The third kappa shape index (κ3) is 2.88. The van der Waals surface area contributed by atoms with Crippen molar-refractivity contribution in [3.63, 3.8) is 0 Å². The Labute approximate surface area is 148 Å². The van der Waals surface area contributed by atoms with Crippen LogP contribution in [0.3, 0.4) is 0 Å². The minimum atomic E-state index is -0.00696. The zero-order chi connectivity index (χ0) is 17.6. The van der Waals surface area contributed by atoms with E-state index in [4.69, 9.17) is 0 Å². The second kappa shape index (κ2) is 5.83. The van der Waals surface area contributed by atoms with Crippen LogP contribution in [0.15, 0.2) is 58.4 Å². The van der Waals surface area contributed by atoms with Crippen molar-refractivity contribution in [2.75, 3.05) is 0 Å². The lowest BCUT2D eigenvalue weighted by atomic mass is 9.75. The molecule has 1 aromatic carbocycles. The molecular weight excluding hydrogens is 308 g/mol. The normalized spacial score (nSPS) is 17.4. The molecule has 3 aliphatic rings. The van der Waals surface area contributed by atoms with Gasteiger partial charge < -0.3 is 4.57 Å². The summed E-state index contributed by atoms with van der Waals surface area (Å²) >= 11 is 0. The number of allylic oxidation sites excluding steroid dienone is 2. The summed E-state index contributed by atoms with van der Waals surface area (Å²) in [4.78, 5) is 17.0. The van der Waals surface area contributed by atoms with Crippen LogP contribution in [-0.2, 0) is 6.54 Å². The zero-order valence-electron chi connectivity index (χ0n) is 15.2. The summed E-state index contributed by atoms with van der Waals surface area (Å²) < 4.78 is 2.27. The van der Waals surface area contributed by atoms with Gasteiger partial charge in [0.05, 0.1) is 16.7 Å². The molecule has 0 aromatic heterocycles. The maximum absolute atomic E-state index is 12.3.